The summed E-state index contributed by atoms with van der Waals surface area (Å²) in [6, 6.07) is 16.3. The standard InChI is InChI=1S/C25H24BN3O/c1-17-16-19(28-25(17)22(13-14-27)23-8-5-15-29(23)26)10-11-21-20-7-4-3-6-18(20)9-12-24(21)30-2/h3-12,15-16H,13-14,27H2,1-2H3/b11-10+,25-22-. The first-order valence-electron chi connectivity index (χ1n) is 9.99. The maximum Gasteiger partial charge on any atom is 0.234 e. The number of hydrogen-bond donors (Lipinski definition) is 1. The van der Waals surface area contributed by atoms with Crippen molar-refractivity contribution in [1.29, 1.82) is 0 Å². The summed E-state index contributed by atoms with van der Waals surface area (Å²) in [6.45, 7) is 2.60. The number of nitrogens with two attached hydrogens (primary N) is 1. The van der Waals surface area contributed by atoms with E-state index in [1.165, 1.54) is 5.39 Å². The molecule has 0 atom stereocenters. The van der Waals surface area contributed by atoms with Gasteiger partial charge in [-0.15, -0.1) is 0 Å². The Hall–Kier alpha value is -3.31. The Kier molecular flexibility index (Phi) is 5.73. The molecule has 3 aromatic rings. The van der Waals surface area contributed by atoms with Gasteiger partial charge in [0.1, 0.15) is 5.75 Å². The highest BCUT2D eigenvalue weighted by molar-refractivity contribution is 6.12. The molecule has 2 aromatic carbocycles. The molecule has 30 heavy (non-hydrogen) atoms. The summed E-state index contributed by atoms with van der Waals surface area (Å²) in [6.07, 6.45) is 8.73. The van der Waals surface area contributed by atoms with Crippen LogP contribution in [-0.4, -0.2) is 31.8 Å². The summed E-state index contributed by atoms with van der Waals surface area (Å²) in [5.41, 5.74) is 11.8. The molecule has 0 unspecified atom stereocenters. The topological polar surface area (TPSA) is 52.5 Å². The van der Waals surface area contributed by atoms with Crippen LogP contribution >= 0.6 is 0 Å². The van der Waals surface area contributed by atoms with Gasteiger partial charge in [-0.3, -0.25) is 0 Å². The third kappa shape index (κ3) is 3.76. The largest absolute Gasteiger partial charge is 0.496 e. The van der Waals surface area contributed by atoms with Crippen molar-refractivity contribution in [3.63, 3.8) is 0 Å². The van der Waals surface area contributed by atoms with Gasteiger partial charge in [-0.25, -0.2) is 4.99 Å². The molecule has 1 aliphatic heterocycles. The lowest BCUT2D eigenvalue weighted by Crippen LogP contribution is -2.05. The summed E-state index contributed by atoms with van der Waals surface area (Å²) in [4.78, 5) is 4.89. The highest BCUT2D eigenvalue weighted by Crippen LogP contribution is 2.32. The Labute approximate surface area is 178 Å². The zero-order valence-corrected chi connectivity index (χ0v) is 17.3. The summed E-state index contributed by atoms with van der Waals surface area (Å²) < 4.78 is 7.22. The predicted octanol–water partition coefficient (Wildman–Crippen LogP) is 4.76. The van der Waals surface area contributed by atoms with Gasteiger partial charge in [-0.1, -0.05) is 30.3 Å². The number of allylic oxidation sites excluding steroid dienone is 3. The van der Waals surface area contributed by atoms with Gasteiger partial charge in [-0.05, 0) is 78.9 Å². The number of ether oxygens (including phenoxy) is 1. The van der Waals surface area contributed by atoms with E-state index in [0.717, 1.165) is 44.9 Å². The van der Waals surface area contributed by atoms with Crippen LogP contribution in [0.3, 0.4) is 0 Å². The Morgan fingerprint density at radius 1 is 1.13 bits per heavy atom. The lowest BCUT2D eigenvalue weighted by atomic mass is 10.0. The summed E-state index contributed by atoms with van der Waals surface area (Å²) in [5, 5.41) is 2.32. The molecule has 4 nitrogen and oxygen atoms in total. The molecule has 2 heterocycles. The Bertz CT molecular complexity index is 1210. The van der Waals surface area contributed by atoms with Crippen molar-refractivity contribution in [2.24, 2.45) is 10.7 Å². The number of hydrogen-bond acceptors (Lipinski definition) is 3. The van der Waals surface area contributed by atoms with Crippen LogP contribution in [0.5, 0.6) is 5.75 Å². The van der Waals surface area contributed by atoms with Gasteiger partial charge < -0.3 is 14.9 Å². The molecule has 0 saturated heterocycles. The molecular weight excluding hydrogens is 369 g/mol. The fraction of sp³-hybridized carbons (Fsp3) is 0.160. The minimum Gasteiger partial charge on any atom is -0.496 e. The molecule has 0 bridgehead atoms. The minimum atomic E-state index is 0.533. The third-order valence-electron chi connectivity index (χ3n) is 5.32. The fourth-order valence-corrected chi connectivity index (χ4v) is 3.89. The van der Waals surface area contributed by atoms with E-state index < -0.39 is 0 Å². The molecule has 4 rings (SSSR count). The van der Waals surface area contributed by atoms with Crippen molar-refractivity contribution in [3.8, 4) is 5.75 Å². The van der Waals surface area contributed by atoms with Crippen molar-refractivity contribution >= 4 is 36.1 Å². The summed E-state index contributed by atoms with van der Waals surface area (Å²) in [7, 11) is 7.78. The molecule has 0 spiro atoms. The molecule has 0 aliphatic carbocycles. The van der Waals surface area contributed by atoms with E-state index in [1.54, 1.807) is 11.6 Å². The van der Waals surface area contributed by atoms with Gasteiger partial charge in [0, 0.05) is 16.8 Å². The van der Waals surface area contributed by atoms with Gasteiger partial charge in [0.25, 0.3) is 0 Å². The lowest BCUT2D eigenvalue weighted by molar-refractivity contribution is 0.414. The molecule has 0 amide bonds. The predicted molar refractivity (Wildman–Crippen MR) is 127 cm³/mol. The maximum absolute atomic E-state index is 6.08. The van der Waals surface area contributed by atoms with Gasteiger partial charge in [0.2, 0.25) is 7.98 Å². The average molecular weight is 393 g/mol. The molecule has 2 N–H and O–H groups in total. The van der Waals surface area contributed by atoms with Crippen LogP contribution in [0.25, 0.3) is 22.4 Å². The molecular formula is C25H24BN3O. The highest BCUT2D eigenvalue weighted by Gasteiger charge is 2.17. The molecule has 5 heteroatoms. The second-order valence-corrected chi connectivity index (χ2v) is 7.27. The minimum absolute atomic E-state index is 0.533. The van der Waals surface area contributed by atoms with Crippen LogP contribution in [0.2, 0.25) is 0 Å². The fourth-order valence-electron chi connectivity index (χ4n) is 3.89. The maximum atomic E-state index is 6.08. The zero-order valence-electron chi connectivity index (χ0n) is 17.3. The molecule has 0 fully saturated rings. The van der Waals surface area contributed by atoms with Gasteiger partial charge in [0.05, 0.1) is 18.5 Å². The van der Waals surface area contributed by atoms with Crippen LogP contribution in [0.15, 0.2) is 83.1 Å². The number of aliphatic imine (C=N–C) groups is 1. The van der Waals surface area contributed by atoms with Crippen molar-refractivity contribution in [2.75, 3.05) is 13.7 Å². The van der Waals surface area contributed by atoms with E-state index in [0.29, 0.717) is 13.0 Å². The third-order valence-corrected chi connectivity index (χ3v) is 5.32. The zero-order chi connectivity index (χ0) is 21.1. The van der Waals surface area contributed by atoms with Crippen LogP contribution in [0, 0.1) is 0 Å². The molecule has 1 aliphatic rings. The van der Waals surface area contributed by atoms with Gasteiger partial charge in [-0.2, -0.15) is 0 Å². The highest BCUT2D eigenvalue weighted by atomic mass is 16.5. The monoisotopic (exact) mass is 393 g/mol. The quantitative estimate of drug-likeness (QED) is 0.614. The second kappa shape index (κ2) is 8.60. The van der Waals surface area contributed by atoms with E-state index in [2.05, 4.69) is 37.3 Å². The smallest absolute Gasteiger partial charge is 0.234 e. The molecule has 0 saturated carbocycles. The van der Waals surface area contributed by atoms with E-state index in [-0.39, 0.29) is 0 Å². The first-order valence-corrected chi connectivity index (χ1v) is 9.99. The second-order valence-electron chi connectivity index (χ2n) is 7.27. The molecule has 148 valence electrons. The first-order chi connectivity index (χ1) is 14.6. The van der Waals surface area contributed by atoms with Crippen molar-refractivity contribution in [3.05, 3.63) is 89.4 Å². The number of benzene rings is 2. The number of rotatable bonds is 6. The van der Waals surface area contributed by atoms with E-state index in [1.807, 2.05) is 42.6 Å². The number of aromatic nitrogens is 1. The van der Waals surface area contributed by atoms with E-state index in [4.69, 9.17) is 23.4 Å². The Morgan fingerprint density at radius 3 is 2.70 bits per heavy atom. The van der Waals surface area contributed by atoms with Crippen LogP contribution < -0.4 is 10.5 Å². The average Bonchev–Trinajstić information content (AvgIpc) is 3.35. The van der Waals surface area contributed by atoms with Crippen LogP contribution in [0.1, 0.15) is 24.6 Å². The van der Waals surface area contributed by atoms with Crippen molar-refractivity contribution in [2.45, 2.75) is 13.3 Å². The number of methoxy groups -OCH3 is 1. The summed E-state index contributed by atoms with van der Waals surface area (Å²) >= 11 is 0. The van der Waals surface area contributed by atoms with E-state index in [9.17, 15) is 0 Å². The molecule has 1 aromatic heterocycles. The van der Waals surface area contributed by atoms with Crippen molar-refractivity contribution < 1.29 is 4.74 Å². The van der Waals surface area contributed by atoms with E-state index >= 15 is 0 Å². The van der Waals surface area contributed by atoms with Gasteiger partial charge >= 0.3 is 0 Å². The first kappa shape index (κ1) is 20.0. The van der Waals surface area contributed by atoms with Crippen molar-refractivity contribution in [1.82, 2.24) is 4.48 Å². The van der Waals surface area contributed by atoms with Crippen LogP contribution in [-0.2, 0) is 0 Å². The lowest BCUT2D eigenvalue weighted by Gasteiger charge is -2.12. The van der Waals surface area contributed by atoms with Crippen LogP contribution in [0.4, 0.5) is 0 Å². The SMILES string of the molecule is [B]n1cccc1/C(CCN)=C1N=C(/C=C/c2c(OC)ccc3ccccc23)C=C\1C. The number of fused-ring (bicyclic) bond motifs is 1. The van der Waals surface area contributed by atoms with Gasteiger partial charge in [0.15, 0.2) is 0 Å². The molecule has 2 radical (unpaired) electrons. The summed E-state index contributed by atoms with van der Waals surface area (Å²) in [5.74, 6) is 0.838. The Morgan fingerprint density at radius 2 is 1.97 bits per heavy atom. The Balaban J connectivity index is 1.76. The normalized spacial score (nSPS) is 15.6. The number of nitrogens with zero attached hydrogens (tertiary/aromatic N) is 2.